The van der Waals surface area contributed by atoms with E-state index in [9.17, 15) is 0 Å². The first-order valence-corrected chi connectivity index (χ1v) is 6.29. The number of hydrogen-bond donors (Lipinski definition) is 1. The molecule has 1 aromatic carbocycles. The highest BCUT2D eigenvalue weighted by molar-refractivity contribution is 7.09. The Morgan fingerprint density at radius 3 is 2.81 bits per heavy atom. The van der Waals surface area contributed by atoms with Gasteiger partial charge in [-0.1, -0.05) is 29.8 Å². The molecule has 0 spiro atoms. The van der Waals surface area contributed by atoms with Gasteiger partial charge in [0.15, 0.2) is 0 Å². The molecule has 0 saturated heterocycles. The normalized spacial score (nSPS) is 10.6. The van der Waals surface area contributed by atoms with E-state index >= 15 is 0 Å². The third-order valence-corrected chi connectivity index (χ3v) is 3.32. The van der Waals surface area contributed by atoms with Crippen LogP contribution >= 0.6 is 11.3 Å². The molecule has 0 aliphatic heterocycles. The molecule has 0 radical (unpaired) electrons. The van der Waals surface area contributed by atoms with Crippen LogP contribution in [0.5, 0.6) is 0 Å². The summed E-state index contributed by atoms with van der Waals surface area (Å²) in [5, 5.41) is 6.65. The smallest absolute Gasteiger partial charge is 0.107 e. The van der Waals surface area contributed by atoms with Crippen molar-refractivity contribution in [2.24, 2.45) is 0 Å². The lowest BCUT2D eigenvalue weighted by atomic mass is 10.1. The Kier molecular flexibility index (Phi) is 3.70. The lowest BCUT2D eigenvalue weighted by Crippen LogP contribution is -2.12. The van der Waals surface area contributed by atoms with Gasteiger partial charge in [-0.15, -0.1) is 11.3 Å². The van der Waals surface area contributed by atoms with Crippen LogP contribution in [0, 0.1) is 13.8 Å². The zero-order chi connectivity index (χ0) is 11.4. The fourth-order valence-corrected chi connectivity index (χ4v) is 2.36. The summed E-state index contributed by atoms with van der Waals surface area (Å²) in [6.45, 7) is 5.90. The Morgan fingerprint density at radius 2 is 2.12 bits per heavy atom. The molecule has 0 aliphatic carbocycles. The van der Waals surface area contributed by atoms with Crippen molar-refractivity contribution in [3.8, 4) is 0 Å². The molecule has 0 saturated carbocycles. The Morgan fingerprint density at radius 1 is 1.25 bits per heavy atom. The van der Waals surface area contributed by atoms with Gasteiger partial charge < -0.3 is 5.32 Å². The molecule has 16 heavy (non-hydrogen) atoms. The molecule has 2 rings (SSSR count). The van der Waals surface area contributed by atoms with Crippen LogP contribution in [0.15, 0.2) is 29.6 Å². The molecule has 2 nitrogen and oxygen atoms in total. The standard InChI is InChI=1S/C13H16N2S/c1-10-4-3-5-12(6-10)7-14-8-13-15-11(2)9-16-13/h3-6,9,14H,7-8H2,1-2H3. The number of rotatable bonds is 4. The van der Waals surface area contributed by atoms with Crippen LogP contribution in [0.1, 0.15) is 21.8 Å². The van der Waals surface area contributed by atoms with Gasteiger partial charge in [0.05, 0.1) is 0 Å². The molecule has 0 amide bonds. The van der Waals surface area contributed by atoms with Crippen molar-refractivity contribution in [3.63, 3.8) is 0 Å². The summed E-state index contributed by atoms with van der Waals surface area (Å²) in [4.78, 5) is 4.42. The topological polar surface area (TPSA) is 24.9 Å². The first kappa shape index (κ1) is 11.3. The minimum atomic E-state index is 0.854. The number of hydrogen-bond acceptors (Lipinski definition) is 3. The lowest BCUT2D eigenvalue weighted by molar-refractivity contribution is 0.688. The van der Waals surface area contributed by atoms with Crippen molar-refractivity contribution >= 4 is 11.3 Å². The van der Waals surface area contributed by atoms with E-state index in [2.05, 4.69) is 46.9 Å². The van der Waals surface area contributed by atoms with Crippen molar-refractivity contribution in [2.45, 2.75) is 26.9 Å². The average Bonchev–Trinajstić information content (AvgIpc) is 2.64. The average molecular weight is 232 g/mol. The molecule has 0 fully saturated rings. The second-order valence-corrected chi connectivity index (χ2v) is 4.92. The minimum Gasteiger partial charge on any atom is -0.306 e. The largest absolute Gasteiger partial charge is 0.306 e. The van der Waals surface area contributed by atoms with Crippen LogP contribution in [0.4, 0.5) is 0 Å². The summed E-state index contributed by atoms with van der Waals surface area (Å²) in [6, 6.07) is 8.57. The molecule has 1 N–H and O–H groups in total. The monoisotopic (exact) mass is 232 g/mol. The predicted octanol–water partition coefficient (Wildman–Crippen LogP) is 3.05. The maximum Gasteiger partial charge on any atom is 0.107 e. The van der Waals surface area contributed by atoms with Crippen LogP contribution in [-0.4, -0.2) is 4.98 Å². The highest BCUT2D eigenvalue weighted by Crippen LogP contribution is 2.09. The predicted molar refractivity (Wildman–Crippen MR) is 68.6 cm³/mol. The maximum absolute atomic E-state index is 4.42. The van der Waals surface area contributed by atoms with Gasteiger partial charge in [-0.3, -0.25) is 0 Å². The summed E-state index contributed by atoms with van der Waals surface area (Å²) in [6.07, 6.45) is 0. The number of aryl methyl sites for hydroxylation is 2. The molecule has 1 aromatic heterocycles. The Hall–Kier alpha value is -1.19. The van der Waals surface area contributed by atoms with E-state index in [1.54, 1.807) is 11.3 Å². The van der Waals surface area contributed by atoms with E-state index in [0.29, 0.717) is 0 Å². The molecular formula is C13H16N2S. The van der Waals surface area contributed by atoms with Crippen molar-refractivity contribution < 1.29 is 0 Å². The lowest BCUT2D eigenvalue weighted by Gasteiger charge is -2.03. The number of nitrogens with one attached hydrogen (secondary N) is 1. The Bertz CT molecular complexity index is 462. The first-order chi connectivity index (χ1) is 7.74. The quantitative estimate of drug-likeness (QED) is 0.876. The highest BCUT2D eigenvalue weighted by atomic mass is 32.1. The molecular weight excluding hydrogens is 216 g/mol. The first-order valence-electron chi connectivity index (χ1n) is 5.41. The van der Waals surface area contributed by atoms with Crippen molar-refractivity contribution in [3.05, 3.63) is 51.5 Å². The SMILES string of the molecule is Cc1cccc(CNCc2nc(C)cs2)c1. The molecule has 84 valence electrons. The number of aromatic nitrogens is 1. The third kappa shape index (κ3) is 3.15. The van der Waals surface area contributed by atoms with E-state index in [4.69, 9.17) is 0 Å². The van der Waals surface area contributed by atoms with Gasteiger partial charge in [-0.2, -0.15) is 0 Å². The summed E-state index contributed by atoms with van der Waals surface area (Å²) in [5.41, 5.74) is 3.75. The highest BCUT2D eigenvalue weighted by Gasteiger charge is 1.98. The van der Waals surface area contributed by atoms with E-state index < -0.39 is 0 Å². The molecule has 3 heteroatoms. The van der Waals surface area contributed by atoms with E-state index in [1.165, 1.54) is 11.1 Å². The van der Waals surface area contributed by atoms with Gasteiger partial charge in [-0.05, 0) is 19.4 Å². The molecule has 0 atom stereocenters. The van der Waals surface area contributed by atoms with Gasteiger partial charge in [0.1, 0.15) is 5.01 Å². The minimum absolute atomic E-state index is 0.854. The van der Waals surface area contributed by atoms with Crippen LogP contribution in [-0.2, 0) is 13.1 Å². The zero-order valence-corrected chi connectivity index (χ0v) is 10.5. The summed E-state index contributed by atoms with van der Waals surface area (Å²) >= 11 is 1.71. The van der Waals surface area contributed by atoms with Crippen LogP contribution < -0.4 is 5.32 Å². The Labute approximate surface area is 100 Å². The van der Waals surface area contributed by atoms with E-state index in [0.717, 1.165) is 23.8 Å². The second kappa shape index (κ2) is 5.23. The Balaban J connectivity index is 1.84. The molecule has 2 aromatic rings. The number of nitrogens with zero attached hydrogens (tertiary/aromatic N) is 1. The zero-order valence-electron chi connectivity index (χ0n) is 9.66. The van der Waals surface area contributed by atoms with Crippen molar-refractivity contribution in [2.75, 3.05) is 0 Å². The summed E-state index contributed by atoms with van der Waals surface area (Å²) in [7, 11) is 0. The molecule has 1 heterocycles. The van der Waals surface area contributed by atoms with Crippen LogP contribution in [0.3, 0.4) is 0 Å². The summed E-state index contributed by atoms with van der Waals surface area (Å²) < 4.78 is 0. The molecule has 0 unspecified atom stereocenters. The fraction of sp³-hybridized carbons (Fsp3) is 0.308. The number of thiazole rings is 1. The van der Waals surface area contributed by atoms with Gasteiger partial charge in [-0.25, -0.2) is 4.98 Å². The van der Waals surface area contributed by atoms with Gasteiger partial charge >= 0.3 is 0 Å². The molecule has 0 bridgehead atoms. The van der Waals surface area contributed by atoms with Crippen molar-refractivity contribution in [1.82, 2.24) is 10.3 Å². The number of benzene rings is 1. The fourth-order valence-electron chi connectivity index (χ4n) is 1.62. The summed E-state index contributed by atoms with van der Waals surface area (Å²) in [5.74, 6) is 0. The third-order valence-electron chi connectivity index (χ3n) is 2.35. The van der Waals surface area contributed by atoms with Crippen molar-refractivity contribution in [1.29, 1.82) is 0 Å². The van der Waals surface area contributed by atoms with E-state index in [1.807, 2.05) is 6.92 Å². The van der Waals surface area contributed by atoms with Crippen LogP contribution in [0.2, 0.25) is 0 Å². The van der Waals surface area contributed by atoms with Gasteiger partial charge in [0, 0.05) is 24.2 Å². The van der Waals surface area contributed by atoms with Gasteiger partial charge in [0.2, 0.25) is 0 Å². The maximum atomic E-state index is 4.42. The second-order valence-electron chi connectivity index (χ2n) is 3.98. The van der Waals surface area contributed by atoms with E-state index in [-0.39, 0.29) is 0 Å². The van der Waals surface area contributed by atoms with Crippen LogP contribution in [0.25, 0.3) is 0 Å². The van der Waals surface area contributed by atoms with Gasteiger partial charge in [0.25, 0.3) is 0 Å². The molecule has 0 aliphatic rings.